The van der Waals surface area contributed by atoms with Gasteiger partial charge in [0.1, 0.15) is 0 Å². The Balaban J connectivity index is 2.08. The molecule has 13 heteroatoms. The summed E-state index contributed by atoms with van der Waals surface area (Å²) in [6.07, 6.45) is 1.92. The van der Waals surface area contributed by atoms with E-state index in [2.05, 4.69) is 15.6 Å². The number of rotatable bonds is 11. The van der Waals surface area contributed by atoms with Crippen LogP contribution in [0.2, 0.25) is 0 Å². The molecule has 2 heterocycles. The zero-order valence-electron chi connectivity index (χ0n) is 18.8. The lowest BCUT2D eigenvalue weighted by Gasteiger charge is -2.26. The van der Waals surface area contributed by atoms with Gasteiger partial charge in [-0.25, -0.2) is 9.78 Å². The zero-order valence-corrected chi connectivity index (χ0v) is 19.6. The maximum Gasteiger partial charge on any atom is 0.357 e. The van der Waals surface area contributed by atoms with Crippen LogP contribution in [0.1, 0.15) is 59.8 Å². The molecule has 12 nitrogen and oxygen atoms in total. The minimum atomic E-state index is -0.921. The molecule has 2 amide bonds. The van der Waals surface area contributed by atoms with Crippen molar-refractivity contribution in [3.8, 4) is 0 Å². The number of carbonyl (C=O) groups excluding carboxylic acids is 4. The summed E-state index contributed by atoms with van der Waals surface area (Å²) < 4.78 is 4.88. The number of guanidine groups is 1. The van der Waals surface area contributed by atoms with Crippen LogP contribution in [0.5, 0.6) is 0 Å². The van der Waals surface area contributed by atoms with E-state index in [1.54, 1.807) is 6.92 Å². The summed E-state index contributed by atoms with van der Waals surface area (Å²) in [6, 6.07) is -2.20. The van der Waals surface area contributed by atoms with Gasteiger partial charge in [-0.05, 0) is 46.1 Å². The van der Waals surface area contributed by atoms with Crippen molar-refractivity contribution >= 4 is 40.9 Å². The van der Waals surface area contributed by atoms with E-state index in [9.17, 15) is 19.2 Å². The first-order valence-corrected chi connectivity index (χ1v) is 11.6. The number of nitrogens with one attached hydrogen (secondary N) is 3. The maximum absolute atomic E-state index is 12.9. The first-order chi connectivity index (χ1) is 15.6. The number of Topliss-reactive ketones (excluding diaryl/α,β-unsaturated/α-hetero) is 1. The van der Waals surface area contributed by atoms with Gasteiger partial charge in [0.25, 0.3) is 0 Å². The highest BCUT2D eigenvalue weighted by Crippen LogP contribution is 2.16. The number of ketones is 1. The Morgan fingerprint density at radius 2 is 2.15 bits per heavy atom. The Bertz CT molecular complexity index is 882. The Morgan fingerprint density at radius 3 is 2.73 bits per heavy atom. The van der Waals surface area contributed by atoms with Gasteiger partial charge in [-0.15, -0.1) is 11.3 Å². The number of nitrogens with zero attached hydrogens (tertiary/aromatic N) is 2. The van der Waals surface area contributed by atoms with Gasteiger partial charge in [-0.2, -0.15) is 0 Å². The van der Waals surface area contributed by atoms with E-state index in [1.807, 2.05) is 0 Å². The molecule has 0 spiro atoms. The van der Waals surface area contributed by atoms with E-state index in [4.69, 9.17) is 21.6 Å². The third-order valence-corrected chi connectivity index (χ3v) is 5.86. The van der Waals surface area contributed by atoms with Gasteiger partial charge < -0.3 is 26.8 Å². The van der Waals surface area contributed by atoms with E-state index in [0.717, 1.165) is 22.7 Å². The van der Waals surface area contributed by atoms with Crippen molar-refractivity contribution in [2.24, 2.45) is 11.5 Å². The third-order valence-electron chi connectivity index (χ3n) is 5.00. The largest absolute Gasteiger partial charge is 0.461 e. The molecular formula is C20H31N7O5S. The number of carbonyl (C=O) groups is 4. The van der Waals surface area contributed by atoms with Gasteiger partial charge in [0, 0.05) is 11.9 Å². The Morgan fingerprint density at radius 1 is 1.42 bits per heavy atom. The van der Waals surface area contributed by atoms with Gasteiger partial charge in [-0.3, -0.25) is 24.7 Å². The third kappa shape index (κ3) is 7.30. The predicted molar refractivity (Wildman–Crippen MR) is 122 cm³/mol. The van der Waals surface area contributed by atoms with Crippen LogP contribution in [-0.2, 0) is 14.3 Å². The molecule has 33 heavy (non-hydrogen) atoms. The van der Waals surface area contributed by atoms with Gasteiger partial charge in [0.2, 0.25) is 17.6 Å². The second-order valence-electron chi connectivity index (χ2n) is 7.64. The summed E-state index contributed by atoms with van der Waals surface area (Å²) in [5, 5.41) is 14.7. The monoisotopic (exact) mass is 481 g/mol. The molecule has 1 aromatic rings. The minimum Gasteiger partial charge on any atom is -0.461 e. The summed E-state index contributed by atoms with van der Waals surface area (Å²) in [5.41, 5.74) is 11.2. The van der Waals surface area contributed by atoms with Crippen molar-refractivity contribution < 1.29 is 23.9 Å². The molecule has 182 valence electrons. The fourth-order valence-corrected chi connectivity index (χ4v) is 4.18. The molecule has 0 aromatic carbocycles. The maximum atomic E-state index is 12.9. The highest BCUT2D eigenvalue weighted by atomic mass is 32.1. The molecule has 2 rings (SSSR count). The molecule has 0 radical (unpaired) electrons. The number of esters is 1. The summed E-state index contributed by atoms with van der Waals surface area (Å²) in [5.74, 6) is -2.33. The second-order valence-corrected chi connectivity index (χ2v) is 8.50. The van der Waals surface area contributed by atoms with Crippen LogP contribution in [0.15, 0.2) is 5.38 Å². The van der Waals surface area contributed by atoms with Crippen LogP contribution in [0.25, 0.3) is 0 Å². The van der Waals surface area contributed by atoms with E-state index in [1.165, 1.54) is 12.3 Å². The minimum absolute atomic E-state index is 0.0233. The molecule has 0 bridgehead atoms. The molecular weight excluding hydrogens is 450 g/mol. The molecule has 3 atom stereocenters. The summed E-state index contributed by atoms with van der Waals surface area (Å²) in [6.45, 7) is 4.12. The number of thiazole rings is 1. The van der Waals surface area contributed by atoms with Gasteiger partial charge in [0.05, 0.1) is 24.7 Å². The standard InChI is InChI=1S/C20H31N7O5S/c1-3-32-19(31)14-10-33-16(25-14)15(28)12(26-20(22)23)7-5-9-27(17(29)11(2)21)18(30)13-6-4-8-24-13/h10-13,24H,3-9,21H2,1-2H3,(H4,22,23,26)/t11-,12?,13-/m0/s1. The first-order valence-electron chi connectivity index (χ1n) is 10.8. The molecule has 1 unspecified atom stereocenters. The van der Waals surface area contributed by atoms with Gasteiger partial charge in [-0.1, -0.05) is 0 Å². The lowest BCUT2D eigenvalue weighted by molar-refractivity contribution is -0.146. The van der Waals surface area contributed by atoms with Crippen molar-refractivity contribution in [1.82, 2.24) is 20.5 Å². The van der Waals surface area contributed by atoms with Crippen molar-refractivity contribution in [2.75, 3.05) is 19.7 Å². The Hall–Kier alpha value is -2.90. The van der Waals surface area contributed by atoms with Crippen LogP contribution in [0, 0.1) is 5.41 Å². The lowest BCUT2D eigenvalue weighted by atomic mass is 10.1. The summed E-state index contributed by atoms with van der Waals surface area (Å²) in [4.78, 5) is 55.3. The molecule has 0 aliphatic carbocycles. The average molecular weight is 482 g/mol. The van der Waals surface area contributed by atoms with E-state index in [-0.39, 0.29) is 42.6 Å². The molecule has 0 saturated carbocycles. The summed E-state index contributed by atoms with van der Waals surface area (Å²) >= 11 is 0.981. The molecule has 1 saturated heterocycles. The number of aromatic nitrogens is 1. The van der Waals surface area contributed by atoms with E-state index < -0.39 is 41.7 Å². The first kappa shape index (κ1) is 26.4. The van der Waals surface area contributed by atoms with Crippen molar-refractivity contribution in [2.45, 2.75) is 57.7 Å². The van der Waals surface area contributed by atoms with Gasteiger partial charge >= 0.3 is 5.97 Å². The topological polar surface area (TPSA) is 194 Å². The van der Waals surface area contributed by atoms with Crippen molar-refractivity contribution in [3.05, 3.63) is 16.1 Å². The molecule has 1 aliphatic heterocycles. The van der Waals surface area contributed by atoms with Gasteiger partial charge in [0.15, 0.2) is 16.7 Å². The number of hydrogen-bond acceptors (Lipinski definition) is 10. The zero-order chi connectivity index (χ0) is 24.5. The molecule has 1 fully saturated rings. The van der Waals surface area contributed by atoms with E-state index in [0.29, 0.717) is 13.0 Å². The Kier molecular flexibility index (Phi) is 9.88. The van der Waals surface area contributed by atoms with Crippen LogP contribution < -0.4 is 22.1 Å². The second kappa shape index (κ2) is 12.4. The van der Waals surface area contributed by atoms with Crippen LogP contribution in [0.3, 0.4) is 0 Å². The number of imide groups is 1. The molecule has 7 N–H and O–H groups in total. The fourth-order valence-electron chi connectivity index (χ4n) is 3.40. The smallest absolute Gasteiger partial charge is 0.357 e. The predicted octanol–water partition coefficient (Wildman–Crippen LogP) is -0.411. The fraction of sp³-hybridized carbons (Fsp3) is 0.600. The van der Waals surface area contributed by atoms with E-state index >= 15 is 0 Å². The number of amides is 2. The normalized spacial score (nSPS) is 17.1. The lowest BCUT2D eigenvalue weighted by Crippen LogP contribution is -2.52. The van der Waals surface area contributed by atoms with Crippen LogP contribution in [0.4, 0.5) is 0 Å². The average Bonchev–Trinajstić information content (AvgIpc) is 3.47. The van der Waals surface area contributed by atoms with Crippen molar-refractivity contribution in [1.29, 1.82) is 5.41 Å². The number of hydrogen-bond donors (Lipinski definition) is 5. The highest BCUT2D eigenvalue weighted by molar-refractivity contribution is 7.12. The number of ether oxygens (including phenoxy) is 1. The highest BCUT2D eigenvalue weighted by Gasteiger charge is 2.32. The Labute approximate surface area is 195 Å². The SMILES string of the molecule is CCOC(=O)c1csc(C(=O)C(CCCN(C(=O)[C@H](C)N)C(=O)[C@@H]2CCCN2)NC(=N)N)n1. The molecule has 1 aromatic heterocycles. The van der Waals surface area contributed by atoms with Crippen LogP contribution in [-0.4, -0.2) is 77.2 Å². The molecule has 1 aliphatic rings. The van der Waals surface area contributed by atoms with Crippen molar-refractivity contribution in [3.63, 3.8) is 0 Å². The quantitative estimate of drug-likeness (QED) is 0.120. The number of nitrogens with two attached hydrogens (primary N) is 2. The van der Waals surface area contributed by atoms with Crippen LogP contribution >= 0.6 is 11.3 Å². The summed E-state index contributed by atoms with van der Waals surface area (Å²) in [7, 11) is 0.